The number of methoxy groups -OCH3 is 2. The summed E-state index contributed by atoms with van der Waals surface area (Å²) in [6.45, 7) is 0. The lowest BCUT2D eigenvalue weighted by Crippen LogP contribution is -2.17. The second-order valence-corrected chi connectivity index (χ2v) is 13.2. The summed E-state index contributed by atoms with van der Waals surface area (Å²) in [7, 11) is -6.53. The van der Waals surface area contributed by atoms with E-state index in [2.05, 4.69) is 10.6 Å². The number of ether oxygens (including phenoxy) is 2. The Hall–Kier alpha value is -5.22. The van der Waals surface area contributed by atoms with E-state index in [0.717, 1.165) is 36.4 Å². The molecule has 0 aliphatic heterocycles. The first kappa shape index (κ1) is 30.7. The summed E-state index contributed by atoms with van der Waals surface area (Å²) in [6.07, 6.45) is 0. The molecule has 224 valence electrons. The molecule has 0 atom stereocenters. The van der Waals surface area contributed by atoms with Gasteiger partial charge in [-0.05, 0) is 48.5 Å². The molecule has 0 saturated carbocycles. The van der Waals surface area contributed by atoms with Gasteiger partial charge in [0.25, 0.3) is 11.4 Å². The van der Waals surface area contributed by atoms with Crippen LogP contribution in [0.4, 0.5) is 34.1 Å². The number of nitrogens with one attached hydrogen (secondary N) is 2. The summed E-state index contributed by atoms with van der Waals surface area (Å²) in [5.74, 6) is 0.746. The van der Waals surface area contributed by atoms with Gasteiger partial charge in [0.05, 0.1) is 45.2 Å². The van der Waals surface area contributed by atoms with E-state index >= 15 is 0 Å². The number of hydrogen-bond donors (Lipinski definition) is 2. The van der Waals surface area contributed by atoms with Crippen LogP contribution in [0.5, 0.6) is 11.5 Å². The van der Waals surface area contributed by atoms with Gasteiger partial charge in [0.2, 0.25) is 0 Å². The van der Waals surface area contributed by atoms with E-state index in [-0.39, 0.29) is 11.4 Å². The van der Waals surface area contributed by atoms with Crippen LogP contribution in [0.25, 0.3) is 0 Å². The van der Waals surface area contributed by atoms with Crippen molar-refractivity contribution in [2.24, 2.45) is 0 Å². The first-order valence-electron chi connectivity index (χ1n) is 12.2. The van der Waals surface area contributed by atoms with Crippen LogP contribution in [0.2, 0.25) is 0 Å². The van der Waals surface area contributed by atoms with E-state index in [0.29, 0.717) is 22.9 Å². The van der Waals surface area contributed by atoms with Crippen molar-refractivity contribution in [3.8, 4) is 11.5 Å². The molecular weight excluding hydrogens is 604 g/mol. The average Bonchev–Trinajstić information content (AvgIpc) is 2.97. The lowest BCUT2D eigenvalue weighted by Gasteiger charge is -2.13. The van der Waals surface area contributed by atoms with Crippen molar-refractivity contribution in [2.45, 2.75) is 9.79 Å². The van der Waals surface area contributed by atoms with Crippen LogP contribution >= 0.6 is 0 Å². The molecule has 4 rings (SSSR count). The van der Waals surface area contributed by atoms with Gasteiger partial charge in [0, 0.05) is 12.1 Å². The van der Waals surface area contributed by atoms with Gasteiger partial charge >= 0.3 is 0 Å². The van der Waals surface area contributed by atoms with Gasteiger partial charge in [-0.2, -0.15) is 0 Å². The van der Waals surface area contributed by atoms with Gasteiger partial charge in [0.1, 0.15) is 22.9 Å². The van der Waals surface area contributed by atoms with Gasteiger partial charge in [0.15, 0.2) is 24.8 Å². The predicted molar refractivity (Wildman–Crippen MR) is 158 cm³/mol. The second-order valence-electron chi connectivity index (χ2n) is 8.87. The SMILES string of the molecule is COc1ccccc1Nc1ccc(S(=O)(=O)CS(=O)(=O)c2ccc(Nc3ccccc3OC)c([N+](=O)[O-])c2)cc1[N+](=O)[O-]. The Balaban J connectivity index is 1.65. The fraction of sp³-hybridized carbons (Fsp3) is 0.111. The standard InChI is InChI=1S/C27H24N4O10S2/c1-40-26-9-5-3-7-22(26)28-20-13-11-18(15-24(20)30(32)33)42(36,37)17-43(38,39)19-12-14-21(25(16-19)31(34)35)29-23-8-4-6-10-27(23)41-2/h3-16,28-29H,17H2,1-2H3. The van der Waals surface area contributed by atoms with Crippen LogP contribution in [-0.2, 0) is 19.7 Å². The number of sulfone groups is 2. The Morgan fingerprint density at radius 2 is 0.977 bits per heavy atom. The molecule has 4 aromatic rings. The Bertz CT molecular complexity index is 1790. The van der Waals surface area contributed by atoms with Crippen LogP contribution in [0.1, 0.15) is 0 Å². The maximum absolute atomic E-state index is 13.2. The summed E-state index contributed by atoms with van der Waals surface area (Å²) in [4.78, 5) is 20.7. The van der Waals surface area contributed by atoms with Gasteiger partial charge < -0.3 is 20.1 Å². The maximum atomic E-state index is 13.2. The molecule has 0 unspecified atom stereocenters. The van der Waals surface area contributed by atoms with Gasteiger partial charge in [-0.1, -0.05) is 24.3 Å². The zero-order valence-electron chi connectivity index (χ0n) is 22.6. The molecule has 0 amide bonds. The second kappa shape index (κ2) is 12.3. The minimum Gasteiger partial charge on any atom is -0.495 e. The number of anilines is 4. The summed E-state index contributed by atoms with van der Waals surface area (Å²) in [5.41, 5.74) is -0.651. The number of para-hydroxylation sites is 4. The zero-order chi connectivity index (χ0) is 31.4. The molecule has 0 saturated heterocycles. The van der Waals surface area contributed by atoms with E-state index in [1.165, 1.54) is 14.2 Å². The van der Waals surface area contributed by atoms with Crippen LogP contribution < -0.4 is 20.1 Å². The van der Waals surface area contributed by atoms with E-state index in [1.807, 2.05) is 0 Å². The van der Waals surface area contributed by atoms with Crippen LogP contribution in [0.15, 0.2) is 94.7 Å². The monoisotopic (exact) mass is 628 g/mol. The number of benzene rings is 4. The highest BCUT2D eigenvalue weighted by Gasteiger charge is 2.30. The molecule has 16 heteroatoms. The molecular formula is C27H24N4O10S2. The van der Waals surface area contributed by atoms with E-state index in [1.54, 1.807) is 48.5 Å². The molecule has 0 spiro atoms. The Morgan fingerprint density at radius 3 is 1.33 bits per heavy atom. The number of rotatable bonds is 12. The summed E-state index contributed by atoms with van der Waals surface area (Å²) < 4.78 is 63.1. The first-order valence-corrected chi connectivity index (χ1v) is 15.5. The lowest BCUT2D eigenvalue weighted by molar-refractivity contribution is -0.384. The maximum Gasteiger partial charge on any atom is 0.293 e. The Kier molecular flexibility index (Phi) is 8.82. The summed E-state index contributed by atoms with van der Waals surface area (Å²) in [5, 5.41) is 27.7. The molecule has 14 nitrogen and oxygen atoms in total. The highest BCUT2D eigenvalue weighted by molar-refractivity contribution is 8.08. The molecule has 0 radical (unpaired) electrons. The molecule has 2 N–H and O–H groups in total. The van der Waals surface area contributed by atoms with Crippen molar-refractivity contribution in [1.82, 2.24) is 0 Å². The third-order valence-corrected chi connectivity index (χ3v) is 10.5. The Labute approximate surface area is 246 Å². The lowest BCUT2D eigenvalue weighted by atomic mass is 10.2. The predicted octanol–water partition coefficient (Wildman–Crippen LogP) is 5.21. The summed E-state index contributed by atoms with van der Waals surface area (Å²) >= 11 is 0. The van der Waals surface area contributed by atoms with Crippen molar-refractivity contribution in [1.29, 1.82) is 0 Å². The summed E-state index contributed by atoms with van der Waals surface area (Å²) in [6, 6.07) is 18.9. The van der Waals surface area contributed by atoms with Crippen molar-refractivity contribution >= 4 is 53.8 Å². The molecule has 0 aliphatic rings. The van der Waals surface area contributed by atoms with Crippen molar-refractivity contribution in [2.75, 3.05) is 29.9 Å². The quantitative estimate of drug-likeness (QED) is 0.154. The minimum absolute atomic E-state index is 0.0648. The van der Waals surface area contributed by atoms with Crippen molar-refractivity contribution < 1.29 is 36.2 Å². The number of hydrogen-bond acceptors (Lipinski definition) is 12. The molecule has 43 heavy (non-hydrogen) atoms. The molecule has 0 aliphatic carbocycles. The minimum atomic E-state index is -4.67. The normalized spacial score (nSPS) is 11.4. The molecule has 0 aromatic heterocycles. The smallest absolute Gasteiger partial charge is 0.293 e. The topological polar surface area (TPSA) is 197 Å². The third kappa shape index (κ3) is 6.82. The van der Waals surface area contributed by atoms with Crippen LogP contribution in [0.3, 0.4) is 0 Å². The highest BCUT2D eigenvalue weighted by atomic mass is 32.3. The number of nitro benzene ring substituents is 2. The first-order chi connectivity index (χ1) is 20.4. The van der Waals surface area contributed by atoms with E-state index in [9.17, 15) is 37.1 Å². The van der Waals surface area contributed by atoms with E-state index < -0.39 is 55.8 Å². The fourth-order valence-electron chi connectivity index (χ4n) is 4.05. The Morgan fingerprint density at radius 1 is 0.605 bits per heavy atom. The van der Waals surface area contributed by atoms with E-state index in [4.69, 9.17) is 9.47 Å². The molecule has 4 aromatic carbocycles. The zero-order valence-corrected chi connectivity index (χ0v) is 24.2. The van der Waals surface area contributed by atoms with Crippen molar-refractivity contribution in [3.05, 3.63) is 105 Å². The number of nitro groups is 2. The van der Waals surface area contributed by atoms with Crippen LogP contribution in [0, 0.1) is 20.2 Å². The van der Waals surface area contributed by atoms with Gasteiger partial charge in [-0.3, -0.25) is 20.2 Å². The average molecular weight is 629 g/mol. The van der Waals surface area contributed by atoms with Gasteiger partial charge in [-0.15, -0.1) is 0 Å². The molecule has 0 heterocycles. The van der Waals surface area contributed by atoms with Gasteiger partial charge in [-0.25, -0.2) is 16.8 Å². The van der Waals surface area contributed by atoms with Crippen LogP contribution in [-0.4, -0.2) is 46.0 Å². The number of nitrogens with zero attached hydrogens (tertiary/aromatic N) is 2. The highest BCUT2D eigenvalue weighted by Crippen LogP contribution is 2.36. The third-order valence-electron chi connectivity index (χ3n) is 6.11. The molecule has 0 bridgehead atoms. The molecule has 0 fully saturated rings. The fourth-order valence-corrected chi connectivity index (χ4v) is 7.91. The van der Waals surface area contributed by atoms with Crippen molar-refractivity contribution in [3.63, 3.8) is 0 Å². The largest absolute Gasteiger partial charge is 0.495 e.